The van der Waals surface area contributed by atoms with Gasteiger partial charge in [-0.15, -0.1) is 12.4 Å². The SMILES string of the molecule is CC(C)C[C@@H](O)[C@@H](N)c1cc(C(F)(F)F)ccc1F.Cl. The van der Waals surface area contributed by atoms with Crippen molar-refractivity contribution < 1.29 is 22.7 Å². The van der Waals surface area contributed by atoms with E-state index < -0.39 is 29.7 Å². The van der Waals surface area contributed by atoms with E-state index in [-0.39, 0.29) is 30.3 Å². The van der Waals surface area contributed by atoms with Crippen molar-refractivity contribution in [1.29, 1.82) is 0 Å². The van der Waals surface area contributed by atoms with Crippen LogP contribution in [0.15, 0.2) is 18.2 Å². The van der Waals surface area contributed by atoms with E-state index in [4.69, 9.17) is 5.73 Å². The normalized spacial score (nSPS) is 14.8. The van der Waals surface area contributed by atoms with Crippen molar-refractivity contribution >= 4 is 12.4 Å². The highest BCUT2D eigenvalue weighted by atomic mass is 35.5. The number of hydrogen-bond donors (Lipinski definition) is 2. The fourth-order valence-electron chi connectivity index (χ4n) is 1.81. The van der Waals surface area contributed by atoms with Gasteiger partial charge in [-0.3, -0.25) is 0 Å². The molecule has 0 spiro atoms. The van der Waals surface area contributed by atoms with E-state index in [1.807, 2.05) is 13.8 Å². The van der Waals surface area contributed by atoms with Gasteiger partial charge in [0.1, 0.15) is 5.82 Å². The highest BCUT2D eigenvalue weighted by Gasteiger charge is 2.32. The summed E-state index contributed by atoms with van der Waals surface area (Å²) in [5.41, 5.74) is 4.35. The summed E-state index contributed by atoms with van der Waals surface area (Å²) in [7, 11) is 0. The molecule has 0 heterocycles. The van der Waals surface area contributed by atoms with Crippen LogP contribution in [0.1, 0.15) is 37.4 Å². The summed E-state index contributed by atoms with van der Waals surface area (Å²) in [5.74, 6) is -0.738. The standard InChI is InChI=1S/C13H17F4NO.ClH/c1-7(2)5-11(19)12(18)9-6-8(13(15,16)17)3-4-10(9)14;/h3-4,6-7,11-12,19H,5,18H2,1-2H3;1H/t11-,12+;/m1./s1. The molecule has 1 aromatic carbocycles. The molecule has 0 saturated heterocycles. The van der Waals surface area contributed by atoms with Gasteiger partial charge in [-0.2, -0.15) is 13.2 Å². The fourth-order valence-corrected chi connectivity index (χ4v) is 1.81. The summed E-state index contributed by atoms with van der Waals surface area (Å²) in [5, 5.41) is 9.79. The van der Waals surface area contributed by atoms with E-state index in [0.29, 0.717) is 12.1 Å². The number of rotatable bonds is 4. The Morgan fingerprint density at radius 1 is 1.25 bits per heavy atom. The number of aliphatic hydroxyl groups excluding tert-OH is 1. The van der Waals surface area contributed by atoms with Crippen LogP contribution in [0.2, 0.25) is 0 Å². The molecule has 0 saturated carbocycles. The minimum Gasteiger partial charge on any atom is -0.391 e. The van der Waals surface area contributed by atoms with E-state index in [2.05, 4.69) is 0 Å². The van der Waals surface area contributed by atoms with Crippen LogP contribution in [0, 0.1) is 11.7 Å². The zero-order valence-electron chi connectivity index (χ0n) is 11.1. The van der Waals surface area contributed by atoms with E-state index in [1.54, 1.807) is 0 Å². The number of alkyl halides is 3. The number of nitrogens with two attached hydrogens (primary N) is 1. The number of halogens is 5. The summed E-state index contributed by atoms with van der Waals surface area (Å²) in [4.78, 5) is 0. The first-order chi connectivity index (χ1) is 8.62. The quantitative estimate of drug-likeness (QED) is 0.833. The molecule has 0 aliphatic rings. The summed E-state index contributed by atoms with van der Waals surface area (Å²) in [6.45, 7) is 3.66. The topological polar surface area (TPSA) is 46.2 Å². The highest BCUT2D eigenvalue weighted by Crippen LogP contribution is 2.32. The lowest BCUT2D eigenvalue weighted by molar-refractivity contribution is -0.137. The third-order valence-corrected chi connectivity index (χ3v) is 2.81. The summed E-state index contributed by atoms with van der Waals surface area (Å²) < 4.78 is 51.2. The molecular formula is C13H18ClF4NO. The van der Waals surface area contributed by atoms with Crippen molar-refractivity contribution in [2.75, 3.05) is 0 Å². The van der Waals surface area contributed by atoms with Crippen molar-refractivity contribution in [3.05, 3.63) is 35.1 Å². The molecule has 2 nitrogen and oxygen atoms in total. The third-order valence-electron chi connectivity index (χ3n) is 2.81. The molecule has 1 rings (SSSR count). The van der Waals surface area contributed by atoms with Crippen LogP contribution in [0.25, 0.3) is 0 Å². The Kier molecular flexibility index (Phi) is 6.93. The van der Waals surface area contributed by atoms with E-state index in [0.717, 1.165) is 6.07 Å². The van der Waals surface area contributed by atoms with E-state index in [1.165, 1.54) is 0 Å². The highest BCUT2D eigenvalue weighted by molar-refractivity contribution is 5.85. The van der Waals surface area contributed by atoms with Crippen molar-refractivity contribution in [1.82, 2.24) is 0 Å². The fraction of sp³-hybridized carbons (Fsp3) is 0.538. The van der Waals surface area contributed by atoms with Gasteiger partial charge in [-0.1, -0.05) is 13.8 Å². The van der Waals surface area contributed by atoms with E-state index >= 15 is 0 Å². The van der Waals surface area contributed by atoms with Crippen LogP contribution >= 0.6 is 12.4 Å². The molecular weight excluding hydrogens is 298 g/mol. The Balaban J connectivity index is 0.00000361. The number of hydrogen-bond acceptors (Lipinski definition) is 2. The molecule has 0 aliphatic heterocycles. The second-order valence-corrected chi connectivity index (χ2v) is 4.96. The first kappa shape index (κ1) is 19.1. The summed E-state index contributed by atoms with van der Waals surface area (Å²) in [6, 6.07) is 0.856. The van der Waals surface area contributed by atoms with Crippen molar-refractivity contribution in [3.63, 3.8) is 0 Å². The van der Waals surface area contributed by atoms with Gasteiger partial charge in [0, 0.05) is 5.56 Å². The van der Waals surface area contributed by atoms with Gasteiger partial charge >= 0.3 is 6.18 Å². The molecule has 0 amide bonds. The van der Waals surface area contributed by atoms with Crippen molar-refractivity contribution in [2.24, 2.45) is 11.7 Å². The molecule has 0 fully saturated rings. The van der Waals surface area contributed by atoms with Crippen LogP contribution in [-0.4, -0.2) is 11.2 Å². The van der Waals surface area contributed by atoms with Crippen molar-refractivity contribution in [3.8, 4) is 0 Å². The van der Waals surface area contributed by atoms with Crippen LogP contribution in [-0.2, 0) is 6.18 Å². The molecule has 0 bridgehead atoms. The predicted molar refractivity (Wildman–Crippen MR) is 71.0 cm³/mol. The lowest BCUT2D eigenvalue weighted by atomic mass is 9.94. The van der Waals surface area contributed by atoms with Crippen LogP contribution in [0.4, 0.5) is 17.6 Å². The van der Waals surface area contributed by atoms with Gasteiger partial charge in [0.25, 0.3) is 0 Å². The third kappa shape index (κ3) is 4.92. The number of aliphatic hydroxyl groups is 1. The maximum absolute atomic E-state index is 13.5. The predicted octanol–water partition coefficient (Wildman–Crippen LogP) is 3.67. The Morgan fingerprint density at radius 2 is 1.80 bits per heavy atom. The molecule has 0 aliphatic carbocycles. The second-order valence-electron chi connectivity index (χ2n) is 4.96. The zero-order chi connectivity index (χ0) is 14.8. The largest absolute Gasteiger partial charge is 0.416 e. The second kappa shape index (κ2) is 7.24. The molecule has 1 aromatic rings. The van der Waals surface area contributed by atoms with Gasteiger partial charge in [0.2, 0.25) is 0 Å². The molecule has 0 radical (unpaired) electrons. The minimum absolute atomic E-state index is 0. The Bertz CT molecular complexity index is 437. The summed E-state index contributed by atoms with van der Waals surface area (Å²) in [6.07, 6.45) is -5.36. The van der Waals surface area contributed by atoms with Gasteiger partial charge in [-0.25, -0.2) is 4.39 Å². The van der Waals surface area contributed by atoms with Crippen molar-refractivity contribution in [2.45, 2.75) is 38.6 Å². The Morgan fingerprint density at radius 3 is 2.25 bits per heavy atom. The smallest absolute Gasteiger partial charge is 0.391 e. The van der Waals surface area contributed by atoms with Crippen LogP contribution in [0.5, 0.6) is 0 Å². The maximum atomic E-state index is 13.5. The first-order valence-corrected chi connectivity index (χ1v) is 5.93. The maximum Gasteiger partial charge on any atom is 0.416 e. The Hall–Kier alpha value is -0.850. The molecule has 7 heteroatoms. The number of benzene rings is 1. The van der Waals surface area contributed by atoms with Gasteiger partial charge in [0.15, 0.2) is 0 Å². The molecule has 3 N–H and O–H groups in total. The van der Waals surface area contributed by atoms with Gasteiger partial charge in [0.05, 0.1) is 17.7 Å². The molecule has 2 atom stereocenters. The van der Waals surface area contributed by atoms with E-state index in [9.17, 15) is 22.7 Å². The Labute approximate surface area is 121 Å². The summed E-state index contributed by atoms with van der Waals surface area (Å²) >= 11 is 0. The monoisotopic (exact) mass is 315 g/mol. The van der Waals surface area contributed by atoms with Crippen LogP contribution in [0.3, 0.4) is 0 Å². The zero-order valence-corrected chi connectivity index (χ0v) is 11.9. The van der Waals surface area contributed by atoms with Gasteiger partial charge in [-0.05, 0) is 30.5 Å². The molecule has 116 valence electrons. The average molecular weight is 316 g/mol. The molecule has 0 unspecified atom stereocenters. The molecule has 20 heavy (non-hydrogen) atoms. The average Bonchev–Trinajstić information content (AvgIpc) is 2.26. The first-order valence-electron chi connectivity index (χ1n) is 5.93. The lowest BCUT2D eigenvalue weighted by Gasteiger charge is -2.22. The lowest BCUT2D eigenvalue weighted by Crippen LogP contribution is -2.28. The minimum atomic E-state index is -4.56. The van der Waals surface area contributed by atoms with Crippen LogP contribution < -0.4 is 5.73 Å². The molecule has 0 aromatic heterocycles. The van der Waals surface area contributed by atoms with Gasteiger partial charge < -0.3 is 10.8 Å².